The molecule has 0 unspecified atom stereocenters. The van der Waals surface area contributed by atoms with Crippen LogP contribution in [0.5, 0.6) is 0 Å². The minimum Gasteiger partial charge on any atom is -0.396 e. The van der Waals surface area contributed by atoms with Gasteiger partial charge in [0.25, 0.3) is 5.56 Å². The summed E-state index contributed by atoms with van der Waals surface area (Å²) in [5.41, 5.74) is 2.18. The van der Waals surface area contributed by atoms with E-state index in [0.717, 1.165) is 37.5 Å². The fourth-order valence-corrected chi connectivity index (χ4v) is 4.23. The molecule has 2 aliphatic rings. The monoisotopic (exact) mass is 329 g/mol. The number of likely N-dealkylation sites (tertiary alicyclic amines) is 1. The SMILES string of the molecule is Cc1cccc2nc(CN3C[C@@H]4CCOC[C@]4(CO)C3)cc(=O)n12. The number of hydrogen-bond acceptors (Lipinski definition) is 5. The second-order valence-corrected chi connectivity index (χ2v) is 7.17. The zero-order valence-corrected chi connectivity index (χ0v) is 13.9. The number of hydrogen-bond donors (Lipinski definition) is 1. The average molecular weight is 329 g/mol. The summed E-state index contributed by atoms with van der Waals surface area (Å²) in [6, 6.07) is 7.32. The van der Waals surface area contributed by atoms with Gasteiger partial charge in [-0.05, 0) is 31.4 Å². The van der Waals surface area contributed by atoms with Gasteiger partial charge in [0.15, 0.2) is 0 Å². The summed E-state index contributed by atoms with van der Waals surface area (Å²) in [6.45, 7) is 5.82. The van der Waals surface area contributed by atoms with Gasteiger partial charge < -0.3 is 9.84 Å². The Morgan fingerprint density at radius 1 is 1.46 bits per heavy atom. The third-order valence-electron chi connectivity index (χ3n) is 5.52. The van der Waals surface area contributed by atoms with Crippen molar-refractivity contribution in [1.29, 1.82) is 0 Å². The van der Waals surface area contributed by atoms with Gasteiger partial charge in [0.1, 0.15) is 5.65 Å². The van der Waals surface area contributed by atoms with Crippen molar-refractivity contribution in [3.05, 3.63) is 46.0 Å². The first-order valence-corrected chi connectivity index (χ1v) is 8.51. The van der Waals surface area contributed by atoms with Crippen molar-refractivity contribution < 1.29 is 9.84 Å². The summed E-state index contributed by atoms with van der Waals surface area (Å²) >= 11 is 0. The highest BCUT2D eigenvalue weighted by atomic mass is 16.5. The van der Waals surface area contributed by atoms with E-state index in [4.69, 9.17) is 4.74 Å². The third-order valence-corrected chi connectivity index (χ3v) is 5.52. The van der Waals surface area contributed by atoms with Crippen LogP contribution in [0.25, 0.3) is 5.65 Å². The topological polar surface area (TPSA) is 67.1 Å². The average Bonchev–Trinajstić information content (AvgIpc) is 2.93. The Labute approximate surface area is 140 Å². The highest BCUT2D eigenvalue weighted by Crippen LogP contribution is 2.41. The van der Waals surface area contributed by atoms with Crippen LogP contribution in [0.1, 0.15) is 17.8 Å². The van der Waals surface area contributed by atoms with E-state index in [2.05, 4.69) is 9.88 Å². The van der Waals surface area contributed by atoms with Gasteiger partial charge >= 0.3 is 0 Å². The molecule has 6 heteroatoms. The molecule has 0 amide bonds. The van der Waals surface area contributed by atoms with E-state index in [9.17, 15) is 9.90 Å². The first-order valence-electron chi connectivity index (χ1n) is 8.51. The van der Waals surface area contributed by atoms with E-state index in [1.807, 2.05) is 25.1 Å². The molecule has 0 bridgehead atoms. The highest BCUT2D eigenvalue weighted by molar-refractivity contribution is 5.40. The Bertz CT molecular complexity index is 819. The molecule has 2 aromatic rings. The van der Waals surface area contributed by atoms with E-state index in [0.29, 0.717) is 24.7 Å². The van der Waals surface area contributed by atoms with Crippen LogP contribution in [0, 0.1) is 18.3 Å². The van der Waals surface area contributed by atoms with Gasteiger partial charge in [-0.25, -0.2) is 4.98 Å². The molecule has 4 heterocycles. The van der Waals surface area contributed by atoms with Crippen LogP contribution >= 0.6 is 0 Å². The van der Waals surface area contributed by atoms with Gasteiger partial charge in [0, 0.05) is 43.4 Å². The quantitative estimate of drug-likeness (QED) is 0.904. The number of pyridine rings is 1. The largest absolute Gasteiger partial charge is 0.396 e. The Hall–Kier alpha value is -1.76. The molecule has 2 fully saturated rings. The number of rotatable bonds is 3. The van der Waals surface area contributed by atoms with Crippen molar-refractivity contribution in [2.24, 2.45) is 11.3 Å². The predicted molar refractivity (Wildman–Crippen MR) is 89.9 cm³/mol. The smallest absolute Gasteiger partial charge is 0.258 e. The minimum atomic E-state index is -0.152. The van der Waals surface area contributed by atoms with E-state index >= 15 is 0 Å². The van der Waals surface area contributed by atoms with Crippen LogP contribution in [0.3, 0.4) is 0 Å². The van der Waals surface area contributed by atoms with Gasteiger partial charge in [-0.15, -0.1) is 0 Å². The van der Waals surface area contributed by atoms with Crippen molar-refractivity contribution in [2.45, 2.75) is 19.9 Å². The fraction of sp³-hybridized carbons (Fsp3) is 0.556. The zero-order chi connectivity index (χ0) is 16.7. The van der Waals surface area contributed by atoms with Crippen LogP contribution < -0.4 is 5.56 Å². The molecule has 2 atom stereocenters. The molecule has 2 aromatic heterocycles. The molecule has 4 rings (SSSR count). The molecular formula is C18H23N3O3. The first kappa shape index (κ1) is 15.7. The van der Waals surface area contributed by atoms with E-state index < -0.39 is 0 Å². The maximum absolute atomic E-state index is 12.4. The molecule has 0 spiro atoms. The summed E-state index contributed by atoms with van der Waals surface area (Å²) in [5.74, 6) is 0.458. The summed E-state index contributed by atoms with van der Waals surface area (Å²) in [6.07, 6.45) is 0.990. The molecule has 0 radical (unpaired) electrons. The Morgan fingerprint density at radius 3 is 3.12 bits per heavy atom. The molecule has 24 heavy (non-hydrogen) atoms. The number of fused-ring (bicyclic) bond motifs is 2. The molecule has 0 aromatic carbocycles. The number of aliphatic hydroxyl groups excluding tert-OH is 1. The normalized spacial score (nSPS) is 27.5. The molecule has 2 aliphatic heterocycles. The van der Waals surface area contributed by atoms with Crippen molar-refractivity contribution in [2.75, 3.05) is 32.9 Å². The Morgan fingerprint density at radius 2 is 2.33 bits per heavy atom. The Kier molecular flexibility index (Phi) is 3.90. The molecule has 0 saturated carbocycles. The van der Waals surface area contributed by atoms with Gasteiger partial charge in [-0.1, -0.05) is 6.07 Å². The third kappa shape index (κ3) is 2.55. The summed E-state index contributed by atoms with van der Waals surface area (Å²) in [5, 5.41) is 9.88. The molecule has 2 saturated heterocycles. The second-order valence-electron chi connectivity index (χ2n) is 7.17. The second kappa shape index (κ2) is 5.95. The number of ether oxygens (including phenoxy) is 1. The van der Waals surface area contributed by atoms with Gasteiger partial charge in [0.2, 0.25) is 0 Å². The lowest BCUT2D eigenvalue weighted by Crippen LogP contribution is -2.42. The van der Waals surface area contributed by atoms with E-state index in [-0.39, 0.29) is 17.6 Å². The summed E-state index contributed by atoms with van der Waals surface area (Å²) in [4.78, 5) is 19.4. The van der Waals surface area contributed by atoms with E-state index in [1.54, 1.807) is 10.5 Å². The first-order chi connectivity index (χ1) is 11.6. The molecular weight excluding hydrogens is 306 g/mol. The van der Waals surface area contributed by atoms with Crippen molar-refractivity contribution in [3.8, 4) is 0 Å². The lowest BCUT2D eigenvalue weighted by atomic mass is 9.76. The standard InChI is InChI=1S/C18H23N3O3/c1-13-3-2-4-16-19-15(7-17(23)21(13)16)9-20-8-14-5-6-24-12-18(14,10-20)11-22/h2-4,7,14,22H,5-6,8-12H2,1H3/t14-,18+/m0/s1. The van der Waals surface area contributed by atoms with Crippen molar-refractivity contribution in [1.82, 2.24) is 14.3 Å². The number of aliphatic hydroxyl groups is 1. The number of aryl methyl sites for hydroxylation is 1. The predicted octanol–water partition coefficient (Wildman–Crippen LogP) is 0.834. The minimum absolute atomic E-state index is 0.0371. The maximum atomic E-state index is 12.4. The van der Waals surface area contributed by atoms with Crippen molar-refractivity contribution >= 4 is 5.65 Å². The van der Waals surface area contributed by atoms with Gasteiger partial charge in [-0.2, -0.15) is 0 Å². The van der Waals surface area contributed by atoms with E-state index in [1.165, 1.54) is 0 Å². The highest BCUT2D eigenvalue weighted by Gasteiger charge is 2.48. The van der Waals surface area contributed by atoms with Crippen molar-refractivity contribution in [3.63, 3.8) is 0 Å². The molecule has 6 nitrogen and oxygen atoms in total. The lowest BCUT2D eigenvalue weighted by Gasteiger charge is -2.36. The fourth-order valence-electron chi connectivity index (χ4n) is 4.23. The van der Waals surface area contributed by atoms with Crippen LogP contribution in [-0.2, 0) is 11.3 Å². The number of nitrogens with zero attached hydrogens (tertiary/aromatic N) is 3. The van der Waals surface area contributed by atoms with Gasteiger partial charge in [0.05, 0.1) is 18.9 Å². The number of aromatic nitrogens is 2. The zero-order valence-electron chi connectivity index (χ0n) is 13.9. The molecule has 1 N–H and O–H groups in total. The summed E-state index contributed by atoms with van der Waals surface area (Å²) < 4.78 is 7.25. The van der Waals surface area contributed by atoms with Crippen LogP contribution in [0.4, 0.5) is 0 Å². The summed E-state index contributed by atoms with van der Waals surface area (Å²) in [7, 11) is 0. The Balaban J connectivity index is 1.60. The maximum Gasteiger partial charge on any atom is 0.258 e. The van der Waals surface area contributed by atoms with Crippen LogP contribution in [-0.4, -0.2) is 52.3 Å². The van der Waals surface area contributed by atoms with Gasteiger partial charge in [-0.3, -0.25) is 14.1 Å². The molecule has 128 valence electrons. The lowest BCUT2D eigenvalue weighted by molar-refractivity contribution is -0.0561. The molecule has 0 aliphatic carbocycles. The van der Waals surface area contributed by atoms with Crippen LogP contribution in [0.2, 0.25) is 0 Å². The van der Waals surface area contributed by atoms with Crippen LogP contribution in [0.15, 0.2) is 29.1 Å².